The number of esters is 2. The van der Waals surface area contributed by atoms with Crippen LogP contribution in [0, 0.1) is 5.92 Å². The molecule has 0 spiro atoms. The van der Waals surface area contributed by atoms with E-state index in [1.165, 1.54) is 128 Å². The van der Waals surface area contributed by atoms with Crippen molar-refractivity contribution in [2.24, 2.45) is 5.92 Å². The van der Waals surface area contributed by atoms with Crippen LogP contribution in [0.2, 0.25) is 0 Å². The van der Waals surface area contributed by atoms with Gasteiger partial charge in [0.25, 0.3) is 0 Å². The van der Waals surface area contributed by atoms with E-state index in [2.05, 4.69) is 39.0 Å². The molecule has 0 rings (SSSR count). The zero-order valence-corrected chi connectivity index (χ0v) is 35.5. The van der Waals surface area contributed by atoms with Crippen molar-refractivity contribution in [2.45, 2.75) is 226 Å². The zero-order chi connectivity index (χ0) is 39.6. The second-order valence-electron chi connectivity index (χ2n) is 15.6. The van der Waals surface area contributed by atoms with Crippen molar-refractivity contribution in [3.63, 3.8) is 0 Å². The monoisotopic (exact) mass is 759 g/mol. The Morgan fingerprint density at radius 1 is 0.537 bits per heavy atom. The molecule has 3 atom stereocenters. The molecule has 0 aromatic carbocycles. The SMILES string of the molecule is CCCCC/C=C\C/C=C\CC(O)/C=C\C=C\CCCC(=O)OC[C@@H](O)COC(=O)CCCCCCCCCCCCCCCCCCCCC(C)CC. The average Bonchev–Trinajstić information content (AvgIpc) is 3.17. The number of carbonyl (C=O) groups is 2. The highest BCUT2D eigenvalue weighted by atomic mass is 16.6. The van der Waals surface area contributed by atoms with Crippen LogP contribution >= 0.6 is 0 Å². The molecule has 0 aliphatic heterocycles. The molecule has 6 nitrogen and oxygen atoms in total. The fraction of sp³-hybridized carbons (Fsp3) is 0.792. The summed E-state index contributed by atoms with van der Waals surface area (Å²) in [4.78, 5) is 24.0. The Morgan fingerprint density at radius 2 is 1.02 bits per heavy atom. The van der Waals surface area contributed by atoms with Crippen molar-refractivity contribution >= 4 is 11.9 Å². The van der Waals surface area contributed by atoms with E-state index in [0.717, 1.165) is 38.0 Å². The van der Waals surface area contributed by atoms with Crippen molar-refractivity contribution < 1.29 is 29.3 Å². The van der Waals surface area contributed by atoms with Gasteiger partial charge in [-0.15, -0.1) is 0 Å². The maximum atomic E-state index is 12.0. The van der Waals surface area contributed by atoms with Gasteiger partial charge in [-0.25, -0.2) is 0 Å². The highest BCUT2D eigenvalue weighted by Gasteiger charge is 2.12. The molecule has 0 aromatic rings. The lowest BCUT2D eigenvalue weighted by molar-refractivity contribution is -0.152. The Labute approximate surface area is 333 Å². The van der Waals surface area contributed by atoms with Gasteiger partial charge in [-0.05, 0) is 50.9 Å². The predicted molar refractivity (Wildman–Crippen MR) is 230 cm³/mol. The van der Waals surface area contributed by atoms with E-state index in [0.29, 0.717) is 25.7 Å². The van der Waals surface area contributed by atoms with E-state index >= 15 is 0 Å². The van der Waals surface area contributed by atoms with Gasteiger partial charge in [-0.1, -0.05) is 204 Å². The first kappa shape index (κ1) is 51.8. The third-order valence-corrected chi connectivity index (χ3v) is 10.2. The van der Waals surface area contributed by atoms with Gasteiger partial charge in [0, 0.05) is 12.8 Å². The van der Waals surface area contributed by atoms with Crippen molar-refractivity contribution in [1.29, 1.82) is 0 Å². The molecule has 0 radical (unpaired) electrons. The number of unbranched alkanes of at least 4 members (excludes halogenated alkanes) is 21. The molecule has 0 heterocycles. The third kappa shape index (κ3) is 41.0. The van der Waals surface area contributed by atoms with Gasteiger partial charge in [-0.2, -0.15) is 0 Å². The minimum Gasteiger partial charge on any atom is -0.463 e. The molecule has 6 heteroatoms. The van der Waals surface area contributed by atoms with Crippen molar-refractivity contribution in [1.82, 2.24) is 0 Å². The van der Waals surface area contributed by atoms with Gasteiger partial charge in [0.1, 0.15) is 19.3 Å². The van der Waals surface area contributed by atoms with E-state index in [9.17, 15) is 19.8 Å². The molecular weight excluding hydrogens is 673 g/mol. The maximum absolute atomic E-state index is 12.0. The molecule has 2 N–H and O–H groups in total. The quantitative estimate of drug-likeness (QED) is 0.0280. The summed E-state index contributed by atoms with van der Waals surface area (Å²) in [5.74, 6) is 0.224. The van der Waals surface area contributed by atoms with Gasteiger partial charge in [0.05, 0.1) is 6.10 Å². The molecule has 0 aromatic heterocycles. The molecule has 0 fully saturated rings. The van der Waals surface area contributed by atoms with E-state index < -0.39 is 12.2 Å². The van der Waals surface area contributed by atoms with Crippen LogP contribution in [0.4, 0.5) is 0 Å². The van der Waals surface area contributed by atoms with E-state index in [1.807, 2.05) is 24.3 Å². The fourth-order valence-electron chi connectivity index (χ4n) is 6.31. The van der Waals surface area contributed by atoms with E-state index in [-0.39, 0.29) is 31.6 Å². The van der Waals surface area contributed by atoms with Crippen molar-refractivity contribution in [3.8, 4) is 0 Å². The molecule has 0 bridgehead atoms. The Morgan fingerprint density at radius 3 is 1.56 bits per heavy atom. The molecule has 0 amide bonds. The standard InChI is InChI=1S/C48H86O6/c1-4-6-7-8-9-20-24-28-33-38-45(49)39-34-29-26-31-36-41-48(52)54-43-46(50)42-53-47(51)40-35-30-25-22-19-17-15-13-11-10-12-14-16-18-21-23-27-32-37-44(3)5-2/h9,20,26,28-29,33-34,39,44-46,49-50H,4-8,10-19,21-25,27,30-32,35-38,40-43H2,1-3H3/b20-9-,29-26+,33-28-,39-34-/t44?,45?,46-/m0/s1. The van der Waals surface area contributed by atoms with Crippen LogP contribution < -0.4 is 0 Å². The van der Waals surface area contributed by atoms with Gasteiger partial charge >= 0.3 is 11.9 Å². The largest absolute Gasteiger partial charge is 0.463 e. The highest BCUT2D eigenvalue weighted by Crippen LogP contribution is 2.17. The number of rotatable bonds is 40. The summed E-state index contributed by atoms with van der Waals surface area (Å²) in [6.45, 7) is 6.56. The topological polar surface area (TPSA) is 93.1 Å². The minimum atomic E-state index is -1.01. The lowest BCUT2D eigenvalue weighted by Crippen LogP contribution is -2.25. The van der Waals surface area contributed by atoms with Crippen LogP contribution in [-0.2, 0) is 19.1 Å². The van der Waals surface area contributed by atoms with Crippen LogP contribution in [0.15, 0.2) is 48.6 Å². The predicted octanol–water partition coefficient (Wildman–Crippen LogP) is 13.4. The van der Waals surface area contributed by atoms with Crippen LogP contribution in [0.1, 0.15) is 213 Å². The number of ether oxygens (including phenoxy) is 2. The number of aliphatic hydroxyl groups is 2. The Bertz CT molecular complexity index is 937. The number of hydrogen-bond acceptors (Lipinski definition) is 6. The molecule has 314 valence electrons. The Kier molecular flexibility index (Phi) is 40.3. The summed E-state index contributed by atoms with van der Waals surface area (Å²) in [5, 5.41) is 20.1. The molecule has 0 aliphatic rings. The number of aliphatic hydroxyl groups excluding tert-OH is 2. The Balaban J connectivity index is 3.54. The molecule has 2 unspecified atom stereocenters. The molecule has 0 saturated carbocycles. The third-order valence-electron chi connectivity index (χ3n) is 10.2. The zero-order valence-electron chi connectivity index (χ0n) is 35.5. The number of carbonyl (C=O) groups excluding carboxylic acids is 2. The van der Waals surface area contributed by atoms with Crippen molar-refractivity contribution in [2.75, 3.05) is 13.2 Å². The summed E-state index contributed by atoms with van der Waals surface area (Å²) in [7, 11) is 0. The first-order chi connectivity index (χ1) is 26.4. The normalized spacial score (nSPS) is 13.8. The minimum absolute atomic E-state index is 0.155. The second kappa shape index (κ2) is 42.0. The van der Waals surface area contributed by atoms with E-state index in [1.54, 1.807) is 6.08 Å². The van der Waals surface area contributed by atoms with Crippen LogP contribution in [-0.4, -0.2) is 47.6 Å². The summed E-state index contributed by atoms with van der Waals surface area (Å²) in [5.41, 5.74) is 0. The molecule has 0 aliphatic carbocycles. The fourth-order valence-corrected chi connectivity index (χ4v) is 6.31. The van der Waals surface area contributed by atoms with Gasteiger partial charge in [-0.3, -0.25) is 9.59 Å². The van der Waals surface area contributed by atoms with Crippen LogP contribution in [0.5, 0.6) is 0 Å². The van der Waals surface area contributed by atoms with Crippen LogP contribution in [0.25, 0.3) is 0 Å². The summed E-state index contributed by atoms with van der Waals surface area (Å²) < 4.78 is 10.3. The average molecular weight is 759 g/mol. The van der Waals surface area contributed by atoms with Crippen LogP contribution in [0.3, 0.4) is 0 Å². The maximum Gasteiger partial charge on any atom is 0.305 e. The van der Waals surface area contributed by atoms with E-state index in [4.69, 9.17) is 9.47 Å². The Hall–Kier alpha value is -2.18. The van der Waals surface area contributed by atoms with Gasteiger partial charge in [0.2, 0.25) is 0 Å². The second-order valence-corrected chi connectivity index (χ2v) is 15.6. The molecule has 0 saturated heterocycles. The molecule has 54 heavy (non-hydrogen) atoms. The number of allylic oxidation sites excluding steroid dienone is 6. The highest BCUT2D eigenvalue weighted by molar-refractivity contribution is 5.69. The van der Waals surface area contributed by atoms with Gasteiger partial charge < -0.3 is 19.7 Å². The summed E-state index contributed by atoms with van der Waals surface area (Å²) >= 11 is 0. The lowest BCUT2D eigenvalue weighted by Gasteiger charge is -2.12. The lowest BCUT2D eigenvalue weighted by atomic mass is 9.99. The smallest absolute Gasteiger partial charge is 0.305 e. The number of hydrogen-bond donors (Lipinski definition) is 2. The first-order valence-electron chi connectivity index (χ1n) is 22.7. The van der Waals surface area contributed by atoms with Crippen molar-refractivity contribution in [3.05, 3.63) is 48.6 Å². The first-order valence-corrected chi connectivity index (χ1v) is 22.7. The summed E-state index contributed by atoms with van der Waals surface area (Å²) in [6.07, 6.45) is 49.2. The summed E-state index contributed by atoms with van der Waals surface area (Å²) in [6, 6.07) is 0. The van der Waals surface area contributed by atoms with Gasteiger partial charge in [0.15, 0.2) is 0 Å². The molecular formula is C48H86O6.